The van der Waals surface area contributed by atoms with Crippen molar-refractivity contribution in [2.24, 2.45) is 0 Å². The zero-order valence-electron chi connectivity index (χ0n) is 15.3. The molecule has 1 unspecified atom stereocenters. The summed E-state index contributed by atoms with van der Waals surface area (Å²) in [5, 5.41) is 19.0. The van der Waals surface area contributed by atoms with Gasteiger partial charge in [0.05, 0.1) is 13.2 Å². The van der Waals surface area contributed by atoms with Crippen LogP contribution in [0.3, 0.4) is 0 Å². The van der Waals surface area contributed by atoms with Crippen molar-refractivity contribution in [1.29, 1.82) is 0 Å². The Morgan fingerprint density at radius 1 is 0.920 bits per heavy atom. The zero-order valence-corrected chi connectivity index (χ0v) is 16.1. The number of unbranched alkanes of at least 4 members (excludes halogenated alkanes) is 7. The third-order valence-corrected chi connectivity index (χ3v) is 4.11. The van der Waals surface area contributed by atoms with Gasteiger partial charge < -0.3 is 24.7 Å². The molecule has 2 atom stereocenters. The van der Waals surface area contributed by atoms with Crippen LogP contribution in [0.2, 0.25) is 0 Å². The molecule has 0 saturated carbocycles. The molecule has 7 nitrogen and oxygen atoms in total. The van der Waals surface area contributed by atoms with Crippen molar-refractivity contribution in [3.05, 3.63) is 12.2 Å². The van der Waals surface area contributed by atoms with Crippen LogP contribution in [-0.4, -0.2) is 45.6 Å². The van der Waals surface area contributed by atoms with Crippen LogP contribution in [0.15, 0.2) is 12.2 Å². The molecule has 0 radical (unpaired) electrons. The highest BCUT2D eigenvalue weighted by atomic mass is 31.2. The van der Waals surface area contributed by atoms with Crippen LogP contribution >= 0.6 is 7.82 Å². The van der Waals surface area contributed by atoms with Crippen LogP contribution in [0.1, 0.15) is 71.1 Å². The maximum atomic E-state index is 10.5. The molecule has 0 spiro atoms. The Morgan fingerprint density at radius 3 is 2.16 bits per heavy atom. The second-order valence-corrected chi connectivity index (χ2v) is 7.43. The van der Waals surface area contributed by atoms with Gasteiger partial charge in [-0.15, -0.1) is 0 Å². The maximum Gasteiger partial charge on any atom is 0.469 e. The smallest absolute Gasteiger partial charge is 0.388 e. The standard InChI is InChI=1S/C17H35O7P/c1-2-3-4-5-6-7-8-9-10-11-12-13-17(19)23-14-16(18)15-24-25(20,21)22/h9-10,16-19H,2-8,11-15H2,1H3,(H2,20,21,22)/b10-9-/t16-,17?/m1/s1. The minimum absolute atomic E-state index is 0.241. The molecular formula is C17H35O7P. The summed E-state index contributed by atoms with van der Waals surface area (Å²) in [6.07, 6.45) is 13.0. The monoisotopic (exact) mass is 382 g/mol. The fourth-order valence-electron chi connectivity index (χ4n) is 2.23. The summed E-state index contributed by atoms with van der Waals surface area (Å²) in [6.45, 7) is 1.43. The highest BCUT2D eigenvalue weighted by molar-refractivity contribution is 7.46. The fraction of sp³-hybridized carbons (Fsp3) is 0.882. The zero-order chi connectivity index (χ0) is 19.0. The van der Waals surface area contributed by atoms with E-state index in [0.717, 1.165) is 19.3 Å². The molecule has 0 aliphatic heterocycles. The quantitative estimate of drug-likeness (QED) is 0.132. The summed E-state index contributed by atoms with van der Waals surface area (Å²) in [6, 6.07) is 0. The molecule has 0 saturated heterocycles. The molecule has 0 amide bonds. The van der Waals surface area contributed by atoms with Crippen molar-refractivity contribution in [3.8, 4) is 0 Å². The van der Waals surface area contributed by atoms with Crippen LogP contribution in [0.4, 0.5) is 0 Å². The maximum absolute atomic E-state index is 10.5. The fourth-order valence-corrected chi connectivity index (χ4v) is 2.59. The minimum atomic E-state index is -4.59. The highest BCUT2D eigenvalue weighted by Gasteiger charge is 2.17. The van der Waals surface area contributed by atoms with Crippen molar-refractivity contribution < 1.29 is 33.8 Å². The van der Waals surface area contributed by atoms with Gasteiger partial charge in [0.25, 0.3) is 0 Å². The van der Waals surface area contributed by atoms with E-state index in [4.69, 9.17) is 14.5 Å². The Labute approximate surface area is 151 Å². The Kier molecular flexibility index (Phi) is 15.8. The van der Waals surface area contributed by atoms with E-state index < -0.39 is 26.8 Å². The first-order chi connectivity index (χ1) is 11.8. The Hall–Kier alpha value is -0.270. The van der Waals surface area contributed by atoms with E-state index in [0.29, 0.717) is 6.42 Å². The third-order valence-electron chi connectivity index (χ3n) is 3.63. The van der Waals surface area contributed by atoms with Crippen molar-refractivity contribution in [1.82, 2.24) is 0 Å². The molecule has 0 aliphatic rings. The van der Waals surface area contributed by atoms with Gasteiger partial charge in [-0.05, 0) is 32.1 Å². The summed E-state index contributed by atoms with van der Waals surface area (Å²) in [5.41, 5.74) is 0. The van der Waals surface area contributed by atoms with Gasteiger partial charge in [-0.1, -0.05) is 51.2 Å². The van der Waals surface area contributed by atoms with E-state index in [-0.39, 0.29) is 6.61 Å². The van der Waals surface area contributed by atoms with E-state index in [1.54, 1.807) is 0 Å². The number of allylic oxidation sites excluding steroid dienone is 2. The second-order valence-electron chi connectivity index (χ2n) is 6.19. The summed E-state index contributed by atoms with van der Waals surface area (Å²) in [7, 11) is -4.59. The Morgan fingerprint density at radius 2 is 1.52 bits per heavy atom. The summed E-state index contributed by atoms with van der Waals surface area (Å²) < 4.78 is 19.6. The number of ether oxygens (including phenoxy) is 1. The summed E-state index contributed by atoms with van der Waals surface area (Å²) in [4.78, 5) is 17.0. The predicted octanol–water partition coefficient (Wildman–Crippen LogP) is 3.27. The number of hydrogen-bond acceptors (Lipinski definition) is 5. The lowest BCUT2D eigenvalue weighted by Gasteiger charge is -2.15. The number of phosphoric acid groups is 1. The second kappa shape index (κ2) is 15.9. The van der Waals surface area contributed by atoms with Gasteiger partial charge in [-0.25, -0.2) is 4.57 Å². The van der Waals surface area contributed by atoms with Crippen LogP contribution in [0, 0.1) is 0 Å². The number of phosphoric ester groups is 1. The van der Waals surface area contributed by atoms with Crippen molar-refractivity contribution in [2.45, 2.75) is 83.5 Å². The molecule has 4 N–H and O–H groups in total. The van der Waals surface area contributed by atoms with Crippen molar-refractivity contribution in [2.75, 3.05) is 13.2 Å². The predicted molar refractivity (Wildman–Crippen MR) is 96.9 cm³/mol. The molecule has 0 aliphatic carbocycles. The van der Waals surface area contributed by atoms with Crippen LogP contribution < -0.4 is 0 Å². The lowest BCUT2D eigenvalue weighted by molar-refractivity contribution is -0.129. The largest absolute Gasteiger partial charge is 0.469 e. The van der Waals surface area contributed by atoms with E-state index in [2.05, 4.69) is 23.6 Å². The van der Waals surface area contributed by atoms with Crippen LogP contribution in [0.25, 0.3) is 0 Å². The molecular weight excluding hydrogens is 347 g/mol. The normalized spacial score (nSPS) is 14.9. The van der Waals surface area contributed by atoms with Crippen molar-refractivity contribution >= 4 is 7.82 Å². The topological polar surface area (TPSA) is 116 Å². The molecule has 0 aromatic heterocycles. The summed E-state index contributed by atoms with van der Waals surface area (Å²) in [5.74, 6) is 0. The number of aliphatic hydroxyl groups is 2. The first-order valence-corrected chi connectivity index (χ1v) is 10.7. The molecule has 0 aromatic rings. The van der Waals surface area contributed by atoms with Gasteiger partial charge in [0.1, 0.15) is 6.10 Å². The van der Waals surface area contributed by atoms with E-state index in [1.807, 2.05) is 0 Å². The van der Waals surface area contributed by atoms with E-state index >= 15 is 0 Å². The molecule has 8 heteroatoms. The van der Waals surface area contributed by atoms with Gasteiger partial charge in [0, 0.05) is 0 Å². The average Bonchev–Trinajstić information content (AvgIpc) is 2.55. The first-order valence-electron chi connectivity index (χ1n) is 9.18. The first kappa shape index (κ1) is 24.7. The van der Waals surface area contributed by atoms with Crippen LogP contribution in [-0.2, 0) is 13.8 Å². The third kappa shape index (κ3) is 19.9. The molecule has 0 fully saturated rings. The number of aliphatic hydroxyl groups excluding tert-OH is 2. The number of rotatable bonds is 17. The summed E-state index contributed by atoms with van der Waals surface area (Å²) >= 11 is 0. The molecule has 0 aromatic carbocycles. The molecule has 0 bridgehead atoms. The Bertz CT molecular complexity index is 370. The van der Waals surface area contributed by atoms with Crippen LogP contribution in [0.5, 0.6) is 0 Å². The minimum Gasteiger partial charge on any atom is -0.388 e. The van der Waals surface area contributed by atoms with Crippen molar-refractivity contribution in [3.63, 3.8) is 0 Å². The van der Waals surface area contributed by atoms with E-state index in [1.165, 1.54) is 38.5 Å². The van der Waals surface area contributed by atoms with Gasteiger partial charge in [-0.3, -0.25) is 4.52 Å². The SMILES string of the molecule is CCCCCCCC/C=C\CCCC(O)OC[C@@H](O)COP(=O)(O)O. The molecule has 0 heterocycles. The van der Waals surface area contributed by atoms with E-state index in [9.17, 15) is 14.8 Å². The van der Waals surface area contributed by atoms with Gasteiger partial charge in [0.2, 0.25) is 0 Å². The molecule has 25 heavy (non-hydrogen) atoms. The molecule has 150 valence electrons. The lowest BCUT2D eigenvalue weighted by atomic mass is 10.1. The Balaban J connectivity index is 3.46. The van der Waals surface area contributed by atoms with Gasteiger partial charge in [-0.2, -0.15) is 0 Å². The van der Waals surface area contributed by atoms with Gasteiger partial charge in [0.15, 0.2) is 6.29 Å². The lowest BCUT2D eigenvalue weighted by Crippen LogP contribution is -2.25. The highest BCUT2D eigenvalue weighted by Crippen LogP contribution is 2.35. The van der Waals surface area contributed by atoms with Gasteiger partial charge >= 0.3 is 7.82 Å². The molecule has 0 rings (SSSR count). The number of hydrogen-bond donors (Lipinski definition) is 4. The average molecular weight is 382 g/mol.